The molecule has 1 amide bonds. The number of carbonyl (C=O) groups is 3. The van der Waals surface area contributed by atoms with E-state index in [-0.39, 0.29) is 11.1 Å². The van der Waals surface area contributed by atoms with Crippen LogP contribution in [0, 0.1) is 0 Å². The Kier molecular flexibility index (Phi) is 7.12. The minimum atomic E-state index is -1.15. The standard InChI is InChI=1S/C9H11NO2.C8H7NO3/c10-8(9(11)12)6-7-4-2-1-3-5-7;9-7(10)5-3-1-2-4-6(5)8(11)12/h1-5,8H,6,10H2,(H,11,12);1-4H,(H2,9,10)(H,11,12). The molecule has 2 aromatic carbocycles. The first kappa shape index (κ1) is 18.9. The SMILES string of the molecule is NC(=O)c1ccccc1C(=O)O.NC(Cc1ccccc1)C(=O)O. The van der Waals surface area contributed by atoms with Gasteiger partial charge in [-0.3, -0.25) is 9.59 Å². The van der Waals surface area contributed by atoms with Crippen LogP contribution in [0.3, 0.4) is 0 Å². The number of aromatic carboxylic acids is 1. The van der Waals surface area contributed by atoms with E-state index in [2.05, 4.69) is 0 Å². The molecule has 24 heavy (non-hydrogen) atoms. The van der Waals surface area contributed by atoms with E-state index in [9.17, 15) is 14.4 Å². The first-order valence-corrected chi connectivity index (χ1v) is 6.97. The summed E-state index contributed by atoms with van der Waals surface area (Å²) < 4.78 is 0. The molecule has 0 bridgehead atoms. The van der Waals surface area contributed by atoms with Crippen molar-refractivity contribution in [3.63, 3.8) is 0 Å². The van der Waals surface area contributed by atoms with Crippen molar-refractivity contribution < 1.29 is 24.6 Å². The first-order chi connectivity index (χ1) is 11.3. The van der Waals surface area contributed by atoms with E-state index in [1.165, 1.54) is 18.2 Å². The Morgan fingerprint density at radius 2 is 1.38 bits per heavy atom. The van der Waals surface area contributed by atoms with Crippen LogP contribution in [0.4, 0.5) is 0 Å². The molecule has 0 saturated carbocycles. The Morgan fingerprint density at radius 3 is 1.79 bits per heavy atom. The summed E-state index contributed by atoms with van der Waals surface area (Å²) in [4.78, 5) is 31.6. The van der Waals surface area contributed by atoms with Gasteiger partial charge in [0, 0.05) is 0 Å². The number of hydrogen-bond acceptors (Lipinski definition) is 4. The lowest BCUT2D eigenvalue weighted by molar-refractivity contribution is -0.138. The number of carboxylic acid groups (broad SMARTS) is 2. The average Bonchev–Trinajstić information content (AvgIpc) is 2.56. The third kappa shape index (κ3) is 5.90. The van der Waals surface area contributed by atoms with E-state index >= 15 is 0 Å². The smallest absolute Gasteiger partial charge is 0.336 e. The number of aliphatic carboxylic acids is 1. The van der Waals surface area contributed by atoms with Gasteiger partial charge < -0.3 is 21.7 Å². The number of carboxylic acids is 2. The van der Waals surface area contributed by atoms with Gasteiger partial charge in [-0.1, -0.05) is 42.5 Å². The summed E-state index contributed by atoms with van der Waals surface area (Å²) in [6.45, 7) is 0. The van der Waals surface area contributed by atoms with Crippen LogP contribution in [0.5, 0.6) is 0 Å². The summed E-state index contributed by atoms with van der Waals surface area (Å²) in [5.41, 5.74) is 11.2. The van der Waals surface area contributed by atoms with E-state index in [1.807, 2.05) is 30.3 Å². The summed E-state index contributed by atoms with van der Waals surface area (Å²) in [5, 5.41) is 17.1. The molecule has 0 heterocycles. The van der Waals surface area contributed by atoms with Crippen LogP contribution >= 0.6 is 0 Å². The molecule has 1 atom stereocenters. The van der Waals surface area contributed by atoms with Crippen molar-refractivity contribution in [1.82, 2.24) is 0 Å². The molecule has 0 aliphatic carbocycles. The fourth-order valence-electron chi connectivity index (χ4n) is 1.84. The summed E-state index contributed by atoms with van der Waals surface area (Å²) >= 11 is 0. The second-order valence-electron chi connectivity index (χ2n) is 4.85. The second kappa shape index (κ2) is 9.06. The van der Waals surface area contributed by atoms with Crippen LogP contribution in [0.15, 0.2) is 54.6 Å². The zero-order valence-electron chi connectivity index (χ0n) is 12.8. The summed E-state index contributed by atoms with van der Waals surface area (Å²) in [6.07, 6.45) is 0.385. The van der Waals surface area contributed by atoms with Crippen LogP contribution in [-0.2, 0) is 11.2 Å². The highest BCUT2D eigenvalue weighted by Crippen LogP contribution is 2.07. The lowest BCUT2D eigenvalue weighted by atomic mass is 10.1. The first-order valence-electron chi connectivity index (χ1n) is 6.97. The minimum Gasteiger partial charge on any atom is -0.480 e. The fourth-order valence-corrected chi connectivity index (χ4v) is 1.84. The third-order valence-corrected chi connectivity index (χ3v) is 3.04. The highest BCUT2D eigenvalue weighted by atomic mass is 16.4. The van der Waals surface area contributed by atoms with Crippen LogP contribution in [0.2, 0.25) is 0 Å². The molecule has 0 aliphatic heterocycles. The normalized spacial score (nSPS) is 10.9. The predicted molar refractivity (Wildman–Crippen MR) is 87.7 cm³/mol. The van der Waals surface area contributed by atoms with Crippen molar-refractivity contribution in [2.45, 2.75) is 12.5 Å². The summed E-state index contributed by atoms with van der Waals surface area (Å²) in [6, 6.07) is 14.4. The minimum absolute atomic E-state index is 0.0324. The molecule has 0 aromatic heterocycles. The molecule has 0 radical (unpaired) electrons. The molecule has 126 valence electrons. The summed E-state index contributed by atoms with van der Waals surface area (Å²) in [5.74, 6) is -2.84. The third-order valence-electron chi connectivity index (χ3n) is 3.04. The second-order valence-corrected chi connectivity index (χ2v) is 4.85. The van der Waals surface area contributed by atoms with Crippen molar-refractivity contribution in [1.29, 1.82) is 0 Å². The molecule has 6 N–H and O–H groups in total. The van der Waals surface area contributed by atoms with Gasteiger partial charge in [0.1, 0.15) is 6.04 Å². The van der Waals surface area contributed by atoms with Gasteiger partial charge in [-0.2, -0.15) is 0 Å². The highest BCUT2D eigenvalue weighted by Gasteiger charge is 2.12. The molecule has 7 nitrogen and oxygen atoms in total. The topological polar surface area (TPSA) is 144 Å². The maximum Gasteiger partial charge on any atom is 0.336 e. The maximum absolute atomic E-state index is 10.7. The summed E-state index contributed by atoms with van der Waals surface area (Å²) in [7, 11) is 0. The van der Waals surface area contributed by atoms with Gasteiger partial charge in [0.05, 0.1) is 11.1 Å². The number of hydrogen-bond donors (Lipinski definition) is 4. The zero-order chi connectivity index (χ0) is 18.1. The van der Waals surface area contributed by atoms with E-state index in [0.29, 0.717) is 6.42 Å². The van der Waals surface area contributed by atoms with Crippen molar-refractivity contribution in [2.75, 3.05) is 0 Å². The van der Waals surface area contributed by atoms with E-state index in [4.69, 9.17) is 21.7 Å². The lowest BCUT2D eigenvalue weighted by Gasteiger charge is -2.04. The fraction of sp³-hybridized carbons (Fsp3) is 0.118. The van der Waals surface area contributed by atoms with Crippen LogP contribution < -0.4 is 11.5 Å². The van der Waals surface area contributed by atoms with Crippen molar-refractivity contribution >= 4 is 17.8 Å². The molecule has 7 heteroatoms. The molecular weight excluding hydrogens is 312 g/mol. The predicted octanol–water partition coefficient (Wildman–Crippen LogP) is 1.12. The largest absolute Gasteiger partial charge is 0.480 e. The Balaban J connectivity index is 0.000000240. The van der Waals surface area contributed by atoms with E-state index < -0.39 is 23.9 Å². The molecule has 0 fully saturated rings. The molecular formula is C17H18N2O5. The van der Waals surface area contributed by atoms with E-state index in [0.717, 1.165) is 5.56 Å². The van der Waals surface area contributed by atoms with Crippen LogP contribution in [0.25, 0.3) is 0 Å². The van der Waals surface area contributed by atoms with Gasteiger partial charge in [0.25, 0.3) is 0 Å². The van der Waals surface area contributed by atoms with Crippen LogP contribution in [-0.4, -0.2) is 34.1 Å². The molecule has 2 rings (SSSR count). The Bertz CT molecular complexity index is 683. The van der Waals surface area contributed by atoms with Crippen molar-refractivity contribution in [2.24, 2.45) is 11.5 Å². The number of rotatable bonds is 5. The number of nitrogens with two attached hydrogens (primary N) is 2. The number of benzene rings is 2. The van der Waals surface area contributed by atoms with Gasteiger partial charge in [0.2, 0.25) is 5.91 Å². The van der Waals surface area contributed by atoms with Gasteiger partial charge in [0.15, 0.2) is 0 Å². The van der Waals surface area contributed by atoms with Crippen molar-refractivity contribution in [3.8, 4) is 0 Å². The van der Waals surface area contributed by atoms with Crippen LogP contribution in [0.1, 0.15) is 26.3 Å². The molecule has 0 spiro atoms. The van der Waals surface area contributed by atoms with Gasteiger partial charge in [-0.15, -0.1) is 0 Å². The number of amides is 1. The van der Waals surface area contributed by atoms with E-state index in [1.54, 1.807) is 6.07 Å². The highest BCUT2D eigenvalue weighted by molar-refractivity contribution is 6.03. The average molecular weight is 330 g/mol. The van der Waals surface area contributed by atoms with Gasteiger partial charge in [-0.25, -0.2) is 4.79 Å². The number of primary amides is 1. The lowest BCUT2D eigenvalue weighted by Crippen LogP contribution is -2.32. The monoisotopic (exact) mass is 330 g/mol. The molecule has 1 unspecified atom stereocenters. The molecule has 2 aromatic rings. The zero-order valence-corrected chi connectivity index (χ0v) is 12.8. The quantitative estimate of drug-likeness (QED) is 0.647. The van der Waals surface area contributed by atoms with Crippen molar-refractivity contribution in [3.05, 3.63) is 71.3 Å². The Hall–Kier alpha value is -3.19. The van der Waals surface area contributed by atoms with Gasteiger partial charge >= 0.3 is 11.9 Å². The Labute approximate surface area is 138 Å². The Morgan fingerprint density at radius 1 is 0.875 bits per heavy atom. The van der Waals surface area contributed by atoms with Gasteiger partial charge in [-0.05, 0) is 24.1 Å². The molecule has 0 saturated heterocycles. The molecule has 0 aliphatic rings. The maximum atomic E-state index is 10.7. The number of carbonyl (C=O) groups excluding carboxylic acids is 1.